The van der Waals surface area contributed by atoms with Gasteiger partial charge >= 0.3 is 0 Å². The lowest BCUT2D eigenvalue weighted by molar-refractivity contribution is 0.761. The largest absolute Gasteiger partial charge is 0.351 e. The standard InChI is InChI=1S/C8H23NSi2/c1-7-10(4)9(3)11(5,6)8-2/h10H,7-8H2,1-6H3. The zero-order chi connectivity index (χ0) is 9.07. The second-order valence-corrected chi connectivity index (χ2v) is 12.9. The summed E-state index contributed by atoms with van der Waals surface area (Å²) in [4.78, 5) is 0. The topological polar surface area (TPSA) is 3.24 Å². The Hall–Kier alpha value is 0.394. The molecule has 1 atom stereocenters. The van der Waals surface area contributed by atoms with Gasteiger partial charge < -0.3 is 4.23 Å². The summed E-state index contributed by atoms with van der Waals surface area (Å²) < 4.78 is 2.74. The van der Waals surface area contributed by atoms with E-state index < -0.39 is 17.2 Å². The van der Waals surface area contributed by atoms with Crippen LogP contribution in [-0.2, 0) is 0 Å². The van der Waals surface area contributed by atoms with E-state index in [4.69, 9.17) is 0 Å². The summed E-state index contributed by atoms with van der Waals surface area (Å²) in [7, 11) is 0.851. The molecule has 0 aliphatic heterocycles. The zero-order valence-electron chi connectivity index (χ0n) is 8.94. The van der Waals surface area contributed by atoms with Gasteiger partial charge in [-0.15, -0.1) is 0 Å². The molecule has 0 bridgehead atoms. The highest BCUT2D eigenvalue weighted by Gasteiger charge is 2.26. The van der Waals surface area contributed by atoms with Gasteiger partial charge in [0.05, 0.1) is 0 Å². The molecule has 0 aromatic heterocycles. The monoisotopic (exact) mass is 189 g/mol. The van der Waals surface area contributed by atoms with Crippen LogP contribution in [0.1, 0.15) is 13.8 Å². The van der Waals surface area contributed by atoms with Crippen molar-refractivity contribution in [3.63, 3.8) is 0 Å². The van der Waals surface area contributed by atoms with Gasteiger partial charge in [0.1, 0.15) is 17.2 Å². The second kappa shape index (κ2) is 4.43. The van der Waals surface area contributed by atoms with Crippen molar-refractivity contribution in [2.75, 3.05) is 7.05 Å². The maximum Gasteiger partial charge on any atom is 0.114 e. The van der Waals surface area contributed by atoms with Crippen molar-refractivity contribution in [3.05, 3.63) is 0 Å². The summed E-state index contributed by atoms with van der Waals surface area (Å²) in [5.41, 5.74) is 0. The van der Waals surface area contributed by atoms with Crippen LogP contribution in [0.25, 0.3) is 0 Å². The number of rotatable bonds is 4. The van der Waals surface area contributed by atoms with Gasteiger partial charge in [-0.3, -0.25) is 0 Å². The van der Waals surface area contributed by atoms with Crippen molar-refractivity contribution in [1.82, 2.24) is 4.23 Å². The fraction of sp³-hybridized carbons (Fsp3) is 1.00. The molecule has 0 spiro atoms. The summed E-state index contributed by atoms with van der Waals surface area (Å²) in [6.45, 7) is 12.1. The molecule has 1 unspecified atom stereocenters. The van der Waals surface area contributed by atoms with E-state index >= 15 is 0 Å². The molecule has 0 aromatic rings. The summed E-state index contributed by atoms with van der Waals surface area (Å²) in [5, 5.41) is 0. The van der Waals surface area contributed by atoms with Crippen LogP contribution in [0.3, 0.4) is 0 Å². The smallest absolute Gasteiger partial charge is 0.114 e. The SMILES string of the molecule is CC[SiH](C)N(C)[Si](C)(C)CC. The maximum absolute atomic E-state index is 2.74. The first-order valence-corrected chi connectivity index (χ1v) is 10.3. The van der Waals surface area contributed by atoms with Crippen LogP contribution in [0.5, 0.6) is 0 Å². The first-order valence-electron chi connectivity index (χ1n) is 4.68. The van der Waals surface area contributed by atoms with Crippen molar-refractivity contribution in [3.8, 4) is 0 Å². The Labute approximate surface area is 74.6 Å². The van der Waals surface area contributed by atoms with Crippen LogP contribution < -0.4 is 0 Å². The van der Waals surface area contributed by atoms with Crippen LogP contribution in [0, 0.1) is 0 Å². The van der Waals surface area contributed by atoms with E-state index in [1.807, 2.05) is 0 Å². The molecule has 0 rings (SSSR count). The number of nitrogens with zero attached hydrogens (tertiary/aromatic N) is 1. The molecule has 0 heterocycles. The molecule has 1 nitrogen and oxygen atoms in total. The first-order chi connectivity index (χ1) is 4.95. The van der Waals surface area contributed by atoms with Gasteiger partial charge in [-0.05, 0) is 13.1 Å². The molecule has 0 fully saturated rings. The third-order valence-electron chi connectivity index (χ3n) is 3.07. The molecule has 0 N–H and O–H groups in total. The summed E-state index contributed by atoms with van der Waals surface area (Å²) >= 11 is 0. The van der Waals surface area contributed by atoms with E-state index in [2.05, 4.69) is 44.8 Å². The molecular formula is C8H23NSi2. The minimum Gasteiger partial charge on any atom is -0.351 e. The Bertz CT molecular complexity index is 115. The average Bonchev–Trinajstić information content (AvgIpc) is 2.01. The third kappa shape index (κ3) is 3.09. The van der Waals surface area contributed by atoms with Crippen LogP contribution >= 0.6 is 0 Å². The normalized spacial score (nSPS) is 15.5. The van der Waals surface area contributed by atoms with Crippen molar-refractivity contribution >= 4 is 17.2 Å². The van der Waals surface area contributed by atoms with Crippen molar-refractivity contribution in [1.29, 1.82) is 0 Å². The lowest BCUT2D eigenvalue weighted by Gasteiger charge is -2.36. The molecule has 0 aliphatic rings. The highest BCUT2D eigenvalue weighted by molar-refractivity contribution is 6.83. The lowest BCUT2D eigenvalue weighted by Crippen LogP contribution is -2.52. The van der Waals surface area contributed by atoms with Crippen molar-refractivity contribution < 1.29 is 0 Å². The van der Waals surface area contributed by atoms with Crippen LogP contribution in [0.2, 0.25) is 31.7 Å². The summed E-state index contributed by atoms with van der Waals surface area (Å²) in [5.74, 6) is 0. The summed E-state index contributed by atoms with van der Waals surface area (Å²) in [6, 6.07) is 2.80. The Morgan fingerprint density at radius 1 is 1.27 bits per heavy atom. The van der Waals surface area contributed by atoms with Gasteiger partial charge in [-0.25, -0.2) is 0 Å². The molecule has 0 saturated carbocycles. The Kier molecular flexibility index (Phi) is 4.59. The van der Waals surface area contributed by atoms with Crippen LogP contribution in [0.4, 0.5) is 0 Å². The fourth-order valence-electron chi connectivity index (χ4n) is 1.12. The van der Waals surface area contributed by atoms with Gasteiger partial charge in [-0.1, -0.05) is 39.5 Å². The fourth-order valence-corrected chi connectivity index (χ4v) is 8.03. The van der Waals surface area contributed by atoms with Crippen LogP contribution in [-0.4, -0.2) is 28.5 Å². The van der Waals surface area contributed by atoms with E-state index in [1.54, 1.807) is 0 Å². The maximum atomic E-state index is 2.74. The minimum atomic E-state index is -0.970. The number of hydrogen-bond acceptors (Lipinski definition) is 1. The Morgan fingerprint density at radius 3 is 2.00 bits per heavy atom. The lowest BCUT2D eigenvalue weighted by atomic mass is 11.0. The van der Waals surface area contributed by atoms with Gasteiger partial charge in [0, 0.05) is 0 Å². The van der Waals surface area contributed by atoms with Crippen molar-refractivity contribution in [2.45, 2.75) is 45.6 Å². The molecular weight excluding hydrogens is 166 g/mol. The Balaban J connectivity index is 4.10. The molecule has 68 valence electrons. The van der Waals surface area contributed by atoms with E-state index in [0.29, 0.717) is 0 Å². The van der Waals surface area contributed by atoms with Gasteiger partial charge in [0.15, 0.2) is 0 Å². The quantitative estimate of drug-likeness (QED) is 0.614. The first kappa shape index (κ1) is 11.4. The molecule has 0 amide bonds. The predicted octanol–water partition coefficient (Wildman–Crippen LogP) is 2.52. The molecule has 3 heteroatoms. The molecule has 0 saturated heterocycles. The molecule has 0 radical (unpaired) electrons. The molecule has 0 aromatic carbocycles. The van der Waals surface area contributed by atoms with Gasteiger partial charge in [0.25, 0.3) is 0 Å². The van der Waals surface area contributed by atoms with Crippen LogP contribution in [0.15, 0.2) is 0 Å². The highest BCUT2D eigenvalue weighted by atomic mass is 28.4. The Morgan fingerprint density at radius 2 is 1.73 bits per heavy atom. The minimum absolute atomic E-state index is 0.523. The number of hydrogen-bond donors (Lipinski definition) is 0. The van der Waals surface area contributed by atoms with E-state index in [9.17, 15) is 0 Å². The molecule has 0 aliphatic carbocycles. The zero-order valence-corrected chi connectivity index (χ0v) is 11.1. The van der Waals surface area contributed by atoms with Gasteiger partial charge in [0.2, 0.25) is 0 Å². The third-order valence-corrected chi connectivity index (χ3v) is 12.6. The van der Waals surface area contributed by atoms with Gasteiger partial charge in [-0.2, -0.15) is 0 Å². The van der Waals surface area contributed by atoms with Crippen molar-refractivity contribution in [2.24, 2.45) is 0 Å². The predicted molar refractivity (Wildman–Crippen MR) is 59.2 cm³/mol. The molecule has 11 heavy (non-hydrogen) atoms. The van der Waals surface area contributed by atoms with E-state index in [0.717, 1.165) is 0 Å². The highest BCUT2D eigenvalue weighted by Crippen LogP contribution is 2.15. The van der Waals surface area contributed by atoms with E-state index in [1.165, 1.54) is 12.1 Å². The second-order valence-electron chi connectivity index (χ2n) is 4.03. The summed E-state index contributed by atoms with van der Waals surface area (Å²) in [6.07, 6.45) is 0. The van der Waals surface area contributed by atoms with E-state index in [-0.39, 0.29) is 0 Å². The average molecular weight is 189 g/mol.